The minimum absolute atomic E-state index is 0.100. The van der Waals surface area contributed by atoms with Crippen LogP contribution in [0.2, 0.25) is 0 Å². The Kier molecular flexibility index (Phi) is 4.28. The van der Waals surface area contributed by atoms with Crippen LogP contribution < -0.4 is 5.32 Å². The van der Waals surface area contributed by atoms with Gasteiger partial charge in [-0.15, -0.1) is 0 Å². The number of benzene rings is 1. The van der Waals surface area contributed by atoms with E-state index in [4.69, 9.17) is 4.74 Å². The summed E-state index contributed by atoms with van der Waals surface area (Å²) in [5.74, 6) is -1.64. The van der Waals surface area contributed by atoms with Crippen molar-refractivity contribution in [2.45, 2.75) is 37.6 Å². The molecular formula is C16H16F3N3O3. The molecule has 1 heterocycles. The van der Waals surface area contributed by atoms with Crippen molar-refractivity contribution in [3.63, 3.8) is 0 Å². The second-order valence-electron chi connectivity index (χ2n) is 5.80. The van der Waals surface area contributed by atoms with Gasteiger partial charge in [0.2, 0.25) is 11.7 Å². The van der Waals surface area contributed by atoms with Crippen molar-refractivity contribution in [3.05, 3.63) is 35.7 Å². The monoisotopic (exact) mass is 355 g/mol. The van der Waals surface area contributed by atoms with E-state index in [0.29, 0.717) is 18.4 Å². The summed E-state index contributed by atoms with van der Waals surface area (Å²) in [6.45, 7) is 1.75. The lowest BCUT2D eigenvalue weighted by Gasteiger charge is -2.19. The molecule has 1 aliphatic carbocycles. The first-order chi connectivity index (χ1) is 11.8. The Labute approximate surface area is 141 Å². The lowest BCUT2D eigenvalue weighted by atomic mass is 10.0. The van der Waals surface area contributed by atoms with Crippen LogP contribution in [0.15, 0.2) is 28.8 Å². The van der Waals surface area contributed by atoms with Crippen LogP contribution >= 0.6 is 0 Å². The molecule has 1 saturated carbocycles. The molecule has 1 aliphatic rings. The molecule has 2 unspecified atom stereocenters. The van der Waals surface area contributed by atoms with Crippen LogP contribution in [0.1, 0.15) is 31.2 Å². The number of carbonyl (C=O) groups is 1. The smallest absolute Gasteiger partial charge is 0.379 e. The molecule has 0 spiro atoms. The molecule has 0 radical (unpaired) electrons. The number of nitrogens with zero attached hydrogens (tertiary/aromatic N) is 2. The molecule has 6 nitrogen and oxygen atoms in total. The standard InChI is InChI=1S/C16H16F3N3O3/c1-3-12(23)21-15(8-11(15)24-2)10-6-4-9(5-7-10)13-20-14(25-22-13)16(17,18)19/h4-7,11H,3,8H2,1-2H3,(H,21,23). The second-order valence-corrected chi connectivity index (χ2v) is 5.80. The molecule has 1 aromatic carbocycles. The zero-order valence-electron chi connectivity index (χ0n) is 13.6. The van der Waals surface area contributed by atoms with Crippen molar-refractivity contribution in [1.29, 1.82) is 0 Å². The number of hydrogen-bond donors (Lipinski definition) is 1. The van der Waals surface area contributed by atoms with E-state index in [1.54, 1.807) is 38.3 Å². The van der Waals surface area contributed by atoms with E-state index < -0.39 is 17.6 Å². The van der Waals surface area contributed by atoms with Crippen LogP contribution in [-0.2, 0) is 21.2 Å². The Morgan fingerprint density at radius 3 is 2.56 bits per heavy atom. The first kappa shape index (κ1) is 17.4. The lowest BCUT2D eigenvalue weighted by molar-refractivity contribution is -0.159. The van der Waals surface area contributed by atoms with Gasteiger partial charge in [-0.25, -0.2) is 0 Å². The second kappa shape index (κ2) is 6.14. The zero-order valence-corrected chi connectivity index (χ0v) is 13.6. The molecule has 2 atom stereocenters. The zero-order chi connectivity index (χ0) is 18.2. The van der Waals surface area contributed by atoms with E-state index in [1.807, 2.05) is 0 Å². The number of ether oxygens (including phenoxy) is 1. The van der Waals surface area contributed by atoms with Crippen molar-refractivity contribution in [1.82, 2.24) is 15.5 Å². The summed E-state index contributed by atoms with van der Waals surface area (Å²) in [5, 5.41) is 6.31. The summed E-state index contributed by atoms with van der Waals surface area (Å²) in [6, 6.07) is 6.61. The first-order valence-corrected chi connectivity index (χ1v) is 7.66. The van der Waals surface area contributed by atoms with Gasteiger partial charge < -0.3 is 14.6 Å². The maximum atomic E-state index is 12.5. The number of nitrogens with one attached hydrogen (secondary N) is 1. The van der Waals surface area contributed by atoms with Gasteiger partial charge in [0.15, 0.2) is 0 Å². The van der Waals surface area contributed by atoms with Gasteiger partial charge in [-0.05, 0) is 5.56 Å². The first-order valence-electron chi connectivity index (χ1n) is 7.66. The van der Waals surface area contributed by atoms with Crippen molar-refractivity contribution in [2.24, 2.45) is 0 Å². The predicted molar refractivity (Wildman–Crippen MR) is 80.3 cm³/mol. The minimum atomic E-state index is -4.68. The maximum Gasteiger partial charge on any atom is 0.471 e. The van der Waals surface area contributed by atoms with E-state index in [2.05, 4.69) is 20.0 Å². The topological polar surface area (TPSA) is 77.3 Å². The molecule has 0 bridgehead atoms. The average Bonchev–Trinajstić information content (AvgIpc) is 3.05. The van der Waals surface area contributed by atoms with Gasteiger partial charge >= 0.3 is 12.1 Å². The average molecular weight is 355 g/mol. The Morgan fingerprint density at radius 1 is 1.40 bits per heavy atom. The number of methoxy groups -OCH3 is 1. The Balaban J connectivity index is 1.84. The van der Waals surface area contributed by atoms with E-state index in [0.717, 1.165) is 5.56 Å². The predicted octanol–water partition coefficient (Wildman–Crippen LogP) is 2.90. The van der Waals surface area contributed by atoms with Crippen molar-refractivity contribution in [2.75, 3.05) is 7.11 Å². The summed E-state index contributed by atoms with van der Waals surface area (Å²) >= 11 is 0. The molecule has 0 saturated heterocycles. The molecule has 9 heteroatoms. The quantitative estimate of drug-likeness (QED) is 0.892. The summed E-state index contributed by atoms with van der Waals surface area (Å²) in [7, 11) is 1.57. The summed E-state index contributed by atoms with van der Waals surface area (Å²) in [6.07, 6.45) is -3.84. The minimum Gasteiger partial charge on any atom is -0.379 e. The van der Waals surface area contributed by atoms with Crippen LogP contribution in [0.5, 0.6) is 0 Å². The van der Waals surface area contributed by atoms with E-state index in [-0.39, 0.29) is 17.8 Å². The van der Waals surface area contributed by atoms with Gasteiger partial charge in [0.1, 0.15) is 0 Å². The van der Waals surface area contributed by atoms with Crippen molar-refractivity contribution in [3.8, 4) is 11.4 Å². The molecular weight excluding hydrogens is 339 g/mol. The Hall–Kier alpha value is -2.42. The Morgan fingerprint density at radius 2 is 2.08 bits per heavy atom. The summed E-state index contributed by atoms with van der Waals surface area (Å²) in [5.41, 5.74) is 0.591. The molecule has 1 fully saturated rings. The molecule has 1 N–H and O–H groups in total. The highest BCUT2D eigenvalue weighted by atomic mass is 19.4. The van der Waals surface area contributed by atoms with Gasteiger partial charge in [0.05, 0.1) is 11.6 Å². The van der Waals surface area contributed by atoms with E-state index in [1.165, 1.54) is 0 Å². The third kappa shape index (κ3) is 3.23. The highest BCUT2D eigenvalue weighted by Crippen LogP contribution is 2.48. The van der Waals surface area contributed by atoms with E-state index in [9.17, 15) is 18.0 Å². The summed E-state index contributed by atoms with van der Waals surface area (Å²) in [4.78, 5) is 15.1. The fraction of sp³-hybridized carbons (Fsp3) is 0.438. The third-order valence-corrected chi connectivity index (χ3v) is 4.19. The van der Waals surface area contributed by atoms with Crippen LogP contribution in [0, 0.1) is 0 Å². The number of rotatable bonds is 5. The molecule has 25 heavy (non-hydrogen) atoms. The maximum absolute atomic E-state index is 12.5. The normalized spacial score (nSPS) is 22.7. The number of halogens is 3. The van der Waals surface area contributed by atoms with Gasteiger partial charge in [-0.3, -0.25) is 4.79 Å². The van der Waals surface area contributed by atoms with Crippen LogP contribution in [-0.4, -0.2) is 29.3 Å². The van der Waals surface area contributed by atoms with Crippen molar-refractivity contribution < 1.29 is 27.2 Å². The molecule has 2 aromatic rings. The third-order valence-electron chi connectivity index (χ3n) is 4.19. The van der Waals surface area contributed by atoms with Gasteiger partial charge in [-0.2, -0.15) is 18.2 Å². The molecule has 134 valence electrons. The Bertz CT molecular complexity index is 773. The number of alkyl halides is 3. The highest BCUT2D eigenvalue weighted by Gasteiger charge is 2.57. The number of carbonyl (C=O) groups excluding carboxylic acids is 1. The summed E-state index contributed by atoms with van der Waals surface area (Å²) < 4.78 is 47.2. The van der Waals surface area contributed by atoms with Crippen LogP contribution in [0.4, 0.5) is 13.2 Å². The van der Waals surface area contributed by atoms with Gasteiger partial charge in [0, 0.05) is 25.5 Å². The largest absolute Gasteiger partial charge is 0.471 e. The fourth-order valence-corrected chi connectivity index (χ4v) is 2.74. The molecule has 0 aliphatic heterocycles. The molecule has 1 amide bonds. The number of amides is 1. The van der Waals surface area contributed by atoms with Gasteiger partial charge in [0.25, 0.3) is 0 Å². The number of hydrogen-bond acceptors (Lipinski definition) is 5. The van der Waals surface area contributed by atoms with Crippen molar-refractivity contribution >= 4 is 5.91 Å². The SMILES string of the molecule is CCC(=O)NC1(c2ccc(-c3noc(C(F)(F)F)n3)cc2)CC1OC. The van der Waals surface area contributed by atoms with E-state index >= 15 is 0 Å². The highest BCUT2D eigenvalue weighted by molar-refractivity contribution is 5.77. The van der Waals surface area contributed by atoms with Crippen LogP contribution in [0.3, 0.4) is 0 Å². The fourth-order valence-electron chi connectivity index (χ4n) is 2.74. The molecule has 1 aromatic heterocycles. The number of aromatic nitrogens is 2. The van der Waals surface area contributed by atoms with Gasteiger partial charge in [-0.1, -0.05) is 36.3 Å². The van der Waals surface area contributed by atoms with Crippen LogP contribution in [0.25, 0.3) is 11.4 Å². The molecule has 3 rings (SSSR count). The lowest BCUT2D eigenvalue weighted by Crippen LogP contribution is -2.37.